The SMILES string of the molecule is N#Cc1c(CCCCOC(=O)c2ccccc2)ccc(CCCCOC(=O)c2ccccc2)c1C#N. The van der Waals surface area contributed by atoms with Crippen LogP contribution in [0.4, 0.5) is 0 Å². The van der Waals surface area contributed by atoms with E-state index in [-0.39, 0.29) is 11.9 Å². The Labute approximate surface area is 211 Å². The molecule has 3 aromatic carbocycles. The molecule has 0 fully saturated rings. The highest BCUT2D eigenvalue weighted by atomic mass is 16.5. The number of ether oxygens (including phenoxy) is 2. The molecule has 182 valence electrons. The van der Waals surface area contributed by atoms with Crippen LogP contribution in [0.1, 0.15) is 68.7 Å². The zero-order valence-corrected chi connectivity index (χ0v) is 20.1. The Bertz CT molecular complexity index is 1140. The molecule has 0 unspecified atom stereocenters. The largest absolute Gasteiger partial charge is 0.462 e. The van der Waals surface area contributed by atoms with E-state index in [1.807, 2.05) is 24.3 Å². The number of carbonyl (C=O) groups is 2. The predicted octanol–water partition coefficient (Wildman–Crippen LogP) is 5.79. The van der Waals surface area contributed by atoms with E-state index in [4.69, 9.17) is 9.47 Å². The first-order valence-electron chi connectivity index (χ1n) is 12.0. The molecule has 0 heterocycles. The molecule has 0 N–H and O–H groups in total. The number of nitrogens with zero attached hydrogens (tertiary/aromatic N) is 2. The molecule has 0 radical (unpaired) electrons. The minimum atomic E-state index is -0.348. The van der Waals surface area contributed by atoms with Gasteiger partial charge in [-0.3, -0.25) is 0 Å². The first-order valence-corrected chi connectivity index (χ1v) is 12.0. The molecule has 0 aliphatic carbocycles. The fourth-order valence-corrected chi connectivity index (χ4v) is 3.84. The molecule has 0 aromatic heterocycles. The lowest BCUT2D eigenvalue weighted by Gasteiger charge is -2.11. The van der Waals surface area contributed by atoms with Crippen LogP contribution >= 0.6 is 0 Å². The summed E-state index contributed by atoms with van der Waals surface area (Å²) >= 11 is 0. The van der Waals surface area contributed by atoms with Gasteiger partial charge in [-0.25, -0.2) is 9.59 Å². The number of benzene rings is 3. The van der Waals surface area contributed by atoms with Gasteiger partial charge in [-0.1, -0.05) is 48.5 Å². The average Bonchev–Trinajstić information content (AvgIpc) is 2.93. The van der Waals surface area contributed by atoms with Crippen molar-refractivity contribution in [3.63, 3.8) is 0 Å². The summed E-state index contributed by atoms with van der Waals surface area (Å²) in [5, 5.41) is 19.4. The molecule has 36 heavy (non-hydrogen) atoms. The van der Waals surface area contributed by atoms with Gasteiger partial charge in [0, 0.05) is 0 Å². The molecule has 0 saturated carbocycles. The number of aryl methyl sites for hydroxylation is 2. The molecule has 0 atom stereocenters. The summed E-state index contributed by atoms with van der Waals surface area (Å²) in [6, 6.07) is 25.9. The van der Waals surface area contributed by atoms with Crippen molar-refractivity contribution in [1.82, 2.24) is 0 Å². The summed E-state index contributed by atoms with van der Waals surface area (Å²) in [6.07, 6.45) is 4.03. The van der Waals surface area contributed by atoms with Crippen molar-refractivity contribution >= 4 is 11.9 Å². The Morgan fingerprint density at radius 2 is 0.972 bits per heavy atom. The minimum Gasteiger partial charge on any atom is -0.462 e. The summed E-state index contributed by atoms with van der Waals surface area (Å²) in [6.45, 7) is 0.599. The average molecular weight is 481 g/mol. The minimum absolute atomic E-state index is 0.299. The fourth-order valence-electron chi connectivity index (χ4n) is 3.84. The Morgan fingerprint density at radius 3 is 1.33 bits per heavy atom. The van der Waals surface area contributed by atoms with Crippen LogP contribution in [0.5, 0.6) is 0 Å². The van der Waals surface area contributed by atoms with Gasteiger partial charge in [0.25, 0.3) is 0 Å². The number of unbranched alkanes of at least 4 members (excludes halogenated alkanes) is 2. The first kappa shape index (κ1) is 26.2. The standard InChI is InChI=1S/C30H28N2O4/c31-21-27-23(11-7-9-19-35-29(33)25-13-3-1-4-14-25)17-18-24(28(27)22-32)12-8-10-20-36-30(34)26-15-5-2-6-16-26/h1-6,13-18H,7-12,19-20H2. The molecule has 0 aliphatic heterocycles. The van der Waals surface area contributed by atoms with E-state index in [0.29, 0.717) is 61.2 Å². The van der Waals surface area contributed by atoms with Crippen molar-refractivity contribution in [1.29, 1.82) is 10.5 Å². The van der Waals surface area contributed by atoms with E-state index in [2.05, 4.69) is 12.1 Å². The van der Waals surface area contributed by atoms with E-state index in [0.717, 1.165) is 24.0 Å². The lowest BCUT2D eigenvalue weighted by molar-refractivity contribution is 0.0489. The molecule has 3 rings (SSSR count). The van der Waals surface area contributed by atoms with Gasteiger partial charge in [0.1, 0.15) is 12.1 Å². The zero-order chi connectivity index (χ0) is 25.6. The topological polar surface area (TPSA) is 100 Å². The Balaban J connectivity index is 1.45. The Hall–Kier alpha value is -4.42. The van der Waals surface area contributed by atoms with Gasteiger partial charge in [-0.15, -0.1) is 0 Å². The number of nitriles is 2. The molecule has 0 spiro atoms. The van der Waals surface area contributed by atoms with Crippen LogP contribution in [0.3, 0.4) is 0 Å². The van der Waals surface area contributed by atoms with E-state index in [9.17, 15) is 20.1 Å². The maximum atomic E-state index is 12.0. The number of hydrogen-bond donors (Lipinski definition) is 0. The second-order valence-corrected chi connectivity index (χ2v) is 8.28. The third-order valence-corrected chi connectivity index (χ3v) is 5.77. The molecule has 0 aliphatic rings. The second kappa shape index (κ2) is 14.1. The highest BCUT2D eigenvalue weighted by Crippen LogP contribution is 2.22. The first-order chi connectivity index (χ1) is 17.6. The normalized spacial score (nSPS) is 10.2. The van der Waals surface area contributed by atoms with Gasteiger partial charge in [-0.05, 0) is 73.9 Å². The van der Waals surface area contributed by atoms with E-state index < -0.39 is 0 Å². The van der Waals surface area contributed by atoms with Crippen molar-refractivity contribution in [2.75, 3.05) is 13.2 Å². The molecule has 6 nitrogen and oxygen atoms in total. The Morgan fingerprint density at radius 1 is 0.583 bits per heavy atom. The molecule has 6 heteroatoms. The maximum Gasteiger partial charge on any atom is 0.338 e. The molecule has 0 saturated heterocycles. The van der Waals surface area contributed by atoms with Crippen LogP contribution in [-0.2, 0) is 22.3 Å². The summed E-state index contributed by atoms with van der Waals surface area (Å²) in [7, 11) is 0. The Kier molecular flexibility index (Phi) is 10.2. The van der Waals surface area contributed by atoms with Gasteiger partial charge in [-0.2, -0.15) is 10.5 Å². The van der Waals surface area contributed by atoms with Crippen molar-refractivity contribution in [3.05, 3.63) is 106 Å². The van der Waals surface area contributed by atoms with Crippen LogP contribution in [0.15, 0.2) is 72.8 Å². The number of carbonyl (C=O) groups excluding carboxylic acids is 2. The maximum absolute atomic E-state index is 12.0. The van der Waals surface area contributed by atoms with Crippen LogP contribution in [-0.4, -0.2) is 25.2 Å². The van der Waals surface area contributed by atoms with Crippen molar-refractivity contribution < 1.29 is 19.1 Å². The van der Waals surface area contributed by atoms with Crippen molar-refractivity contribution in [2.24, 2.45) is 0 Å². The quantitative estimate of drug-likeness (QED) is 0.240. The van der Waals surface area contributed by atoms with E-state index >= 15 is 0 Å². The summed E-state index contributed by atoms with van der Waals surface area (Å²) in [5.41, 5.74) is 3.51. The lowest BCUT2D eigenvalue weighted by atomic mass is 9.92. The van der Waals surface area contributed by atoms with Crippen LogP contribution in [0, 0.1) is 22.7 Å². The number of esters is 2. The highest BCUT2D eigenvalue weighted by Gasteiger charge is 2.14. The van der Waals surface area contributed by atoms with E-state index in [1.165, 1.54) is 0 Å². The number of rotatable bonds is 12. The van der Waals surface area contributed by atoms with Gasteiger partial charge >= 0.3 is 11.9 Å². The summed E-state index contributed by atoms with van der Waals surface area (Å²) in [5.74, 6) is -0.696. The molecular weight excluding hydrogens is 452 g/mol. The van der Waals surface area contributed by atoms with Crippen LogP contribution in [0.2, 0.25) is 0 Å². The lowest BCUT2D eigenvalue weighted by Crippen LogP contribution is -2.07. The zero-order valence-electron chi connectivity index (χ0n) is 20.1. The number of hydrogen-bond acceptors (Lipinski definition) is 6. The summed E-state index contributed by atoms with van der Waals surface area (Å²) in [4.78, 5) is 24.0. The van der Waals surface area contributed by atoms with Crippen molar-refractivity contribution in [2.45, 2.75) is 38.5 Å². The van der Waals surface area contributed by atoms with Crippen LogP contribution in [0.25, 0.3) is 0 Å². The van der Waals surface area contributed by atoms with Crippen LogP contribution < -0.4 is 0 Å². The molecule has 0 bridgehead atoms. The van der Waals surface area contributed by atoms with E-state index in [1.54, 1.807) is 48.5 Å². The van der Waals surface area contributed by atoms with Crippen molar-refractivity contribution in [3.8, 4) is 12.1 Å². The summed E-state index contributed by atoms with van der Waals surface area (Å²) < 4.78 is 10.6. The monoisotopic (exact) mass is 480 g/mol. The van der Waals surface area contributed by atoms with Gasteiger partial charge in [0.15, 0.2) is 0 Å². The van der Waals surface area contributed by atoms with Gasteiger partial charge < -0.3 is 9.47 Å². The second-order valence-electron chi connectivity index (χ2n) is 8.28. The fraction of sp³-hybridized carbons (Fsp3) is 0.267. The molecule has 0 amide bonds. The highest BCUT2D eigenvalue weighted by molar-refractivity contribution is 5.89. The smallest absolute Gasteiger partial charge is 0.338 e. The third-order valence-electron chi connectivity index (χ3n) is 5.77. The third kappa shape index (κ3) is 7.55. The molecule has 3 aromatic rings. The predicted molar refractivity (Wildman–Crippen MR) is 135 cm³/mol. The van der Waals surface area contributed by atoms with Gasteiger partial charge in [0.05, 0.1) is 35.5 Å². The van der Waals surface area contributed by atoms with Gasteiger partial charge in [0.2, 0.25) is 0 Å². The molecular formula is C30H28N2O4.